The van der Waals surface area contributed by atoms with Gasteiger partial charge in [-0.25, -0.2) is 4.39 Å². The van der Waals surface area contributed by atoms with E-state index in [9.17, 15) is 9.18 Å². The molecule has 0 bridgehead atoms. The van der Waals surface area contributed by atoms with Crippen molar-refractivity contribution in [3.8, 4) is 0 Å². The lowest BCUT2D eigenvalue weighted by Gasteiger charge is -2.20. The Kier molecular flexibility index (Phi) is 4.38. The van der Waals surface area contributed by atoms with Crippen LogP contribution < -0.4 is 16.0 Å². The van der Waals surface area contributed by atoms with Crippen LogP contribution in [0.5, 0.6) is 0 Å². The first-order valence-electron chi connectivity index (χ1n) is 8.92. The third-order valence-electron chi connectivity index (χ3n) is 5.22. The molecule has 2 atom stereocenters. The summed E-state index contributed by atoms with van der Waals surface area (Å²) in [4.78, 5) is 14.9. The Morgan fingerprint density at radius 3 is 2.88 bits per heavy atom. The predicted octanol–water partition coefficient (Wildman–Crippen LogP) is 2.64. The first-order valence-corrected chi connectivity index (χ1v) is 8.92. The van der Waals surface area contributed by atoms with Gasteiger partial charge in [0.2, 0.25) is 5.91 Å². The Bertz CT molecular complexity index is 823. The number of carbonyl (C=O) groups excluding carboxylic acids is 1. The summed E-state index contributed by atoms with van der Waals surface area (Å²) in [6, 6.07) is 10.6. The summed E-state index contributed by atoms with van der Waals surface area (Å²) >= 11 is 0. The highest BCUT2D eigenvalue weighted by molar-refractivity contribution is 5.98. The highest BCUT2D eigenvalue weighted by Gasteiger charge is 2.30. The molecule has 2 aromatic carbocycles. The van der Waals surface area contributed by atoms with E-state index in [2.05, 4.69) is 34.0 Å². The molecule has 0 spiro atoms. The summed E-state index contributed by atoms with van der Waals surface area (Å²) < 4.78 is 14.0. The normalized spacial score (nSPS) is 22.1. The Morgan fingerprint density at radius 1 is 1.31 bits per heavy atom. The average molecular weight is 354 g/mol. The Hall–Kier alpha value is -2.44. The van der Waals surface area contributed by atoms with Crippen LogP contribution in [0.3, 0.4) is 0 Å². The van der Waals surface area contributed by atoms with E-state index < -0.39 is 6.04 Å². The van der Waals surface area contributed by atoms with Crippen LogP contribution in [0.4, 0.5) is 15.8 Å². The number of nitrogens with one attached hydrogen (secondary N) is 3. The second-order valence-electron chi connectivity index (χ2n) is 7.07. The van der Waals surface area contributed by atoms with E-state index in [1.54, 1.807) is 6.07 Å². The van der Waals surface area contributed by atoms with Gasteiger partial charge in [-0.2, -0.15) is 0 Å². The zero-order valence-electron chi connectivity index (χ0n) is 15.0. The molecule has 2 heterocycles. The molecule has 2 aromatic rings. The van der Waals surface area contributed by atoms with Crippen LogP contribution in [-0.2, 0) is 11.2 Å². The molecule has 26 heavy (non-hydrogen) atoms. The van der Waals surface area contributed by atoms with Crippen molar-refractivity contribution in [1.29, 1.82) is 0 Å². The second-order valence-corrected chi connectivity index (χ2v) is 7.07. The number of likely N-dealkylation sites (N-methyl/N-ethyl adjacent to an activating group) is 1. The molecule has 2 unspecified atom stereocenters. The predicted molar refractivity (Wildman–Crippen MR) is 101 cm³/mol. The molecular formula is C20H23FN4O. The molecule has 4 rings (SSSR count). The van der Waals surface area contributed by atoms with Gasteiger partial charge in [0.1, 0.15) is 11.9 Å². The molecule has 0 aromatic heterocycles. The number of nitrogens with zero attached hydrogens (tertiary/aromatic N) is 1. The molecule has 6 heteroatoms. The maximum atomic E-state index is 14.0. The molecule has 1 fully saturated rings. The van der Waals surface area contributed by atoms with Crippen LogP contribution in [0.2, 0.25) is 0 Å². The molecule has 2 aliphatic heterocycles. The van der Waals surface area contributed by atoms with Crippen LogP contribution in [0.1, 0.15) is 22.9 Å². The number of hydrogen-bond acceptors (Lipinski definition) is 4. The summed E-state index contributed by atoms with van der Waals surface area (Å²) in [5.74, 6) is -0.407. The minimum Gasteiger partial charge on any atom is -0.373 e. The molecule has 1 saturated heterocycles. The van der Waals surface area contributed by atoms with Gasteiger partial charge < -0.3 is 10.6 Å². The van der Waals surface area contributed by atoms with Gasteiger partial charge >= 0.3 is 0 Å². The van der Waals surface area contributed by atoms with Gasteiger partial charge in [0.05, 0.1) is 6.17 Å². The van der Waals surface area contributed by atoms with Crippen LogP contribution in [0.25, 0.3) is 0 Å². The molecule has 0 radical (unpaired) electrons. The monoisotopic (exact) mass is 354 g/mol. The molecule has 0 aliphatic carbocycles. The second kappa shape index (κ2) is 6.70. The fourth-order valence-electron chi connectivity index (χ4n) is 3.78. The number of halogens is 1. The summed E-state index contributed by atoms with van der Waals surface area (Å²) in [7, 11) is 2.08. The first kappa shape index (κ1) is 17.0. The molecule has 3 N–H and O–H groups in total. The average Bonchev–Trinajstić information content (AvgIpc) is 3.26. The van der Waals surface area contributed by atoms with Crippen molar-refractivity contribution in [2.24, 2.45) is 0 Å². The van der Waals surface area contributed by atoms with Crippen LogP contribution in [0, 0.1) is 12.7 Å². The summed E-state index contributed by atoms with van der Waals surface area (Å²) in [6.07, 6.45) is 0.527. The quantitative estimate of drug-likeness (QED) is 0.793. The highest BCUT2D eigenvalue weighted by Crippen LogP contribution is 2.32. The van der Waals surface area contributed by atoms with Gasteiger partial charge in [0.25, 0.3) is 0 Å². The molecular weight excluding hydrogens is 331 g/mol. The van der Waals surface area contributed by atoms with Gasteiger partial charge in [-0.3, -0.25) is 15.0 Å². The Balaban J connectivity index is 1.48. The number of rotatable bonds is 3. The first-order chi connectivity index (χ1) is 12.5. The van der Waals surface area contributed by atoms with E-state index >= 15 is 0 Å². The lowest BCUT2D eigenvalue weighted by Crippen LogP contribution is -2.33. The number of carbonyl (C=O) groups is 1. The van der Waals surface area contributed by atoms with Crippen molar-refractivity contribution < 1.29 is 9.18 Å². The highest BCUT2D eigenvalue weighted by atomic mass is 19.1. The van der Waals surface area contributed by atoms with Gasteiger partial charge in [-0.1, -0.05) is 18.2 Å². The van der Waals surface area contributed by atoms with E-state index in [1.807, 2.05) is 25.1 Å². The van der Waals surface area contributed by atoms with Gasteiger partial charge in [0, 0.05) is 36.4 Å². The largest absolute Gasteiger partial charge is 0.373 e. The number of aryl methyl sites for hydroxylation is 1. The minimum atomic E-state index is -0.462. The van der Waals surface area contributed by atoms with Gasteiger partial charge in [-0.15, -0.1) is 0 Å². The van der Waals surface area contributed by atoms with E-state index in [4.69, 9.17) is 0 Å². The lowest BCUT2D eigenvalue weighted by molar-refractivity contribution is -0.116. The third-order valence-corrected chi connectivity index (χ3v) is 5.22. The standard InChI is InChI=1S/C20H23FN4O/c1-12-6-7-16(21)15-11-17(24-18(12)15)20(26)23-14-5-3-4-13(10-14)19-22-8-9-25(19)2/h3-7,10,17,19,22,24H,8-9,11H2,1-2H3,(H,23,26). The van der Waals surface area contributed by atoms with E-state index in [0.717, 1.165) is 35.6 Å². The maximum Gasteiger partial charge on any atom is 0.247 e. The minimum absolute atomic E-state index is 0.148. The van der Waals surface area contributed by atoms with Gasteiger partial charge in [0.15, 0.2) is 0 Å². The van der Waals surface area contributed by atoms with Crippen molar-refractivity contribution in [3.05, 3.63) is 58.9 Å². The lowest BCUT2D eigenvalue weighted by atomic mass is 10.1. The van der Waals surface area contributed by atoms with Crippen molar-refractivity contribution in [1.82, 2.24) is 10.2 Å². The van der Waals surface area contributed by atoms with Crippen molar-refractivity contribution in [2.45, 2.75) is 25.6 Å². The molecule has 136 valence electrons. The topological polar surface area (TPSA) is 56.4 Å². The molecule has 1 amide bonds. The Labute approximate surface area is 152 Å². The van der Waals surface area contributed by atoms with Crippen LogP contribution in [-0.4, -0.2) is 37.0 Å². The van der Waals surface area contributed by atoms with E-state index in [0.29, 0.717) is 12.0 Å². The molecule has 0 saturated carbocycles. The summed E-state index contributed by atoms with van der Waals surface area (Å²) in [6.45, 7) is 3.86. The molecule has 5 nitrogen and oxygen atoms in total. The third kappa shape index (κ3) is 3.06. The number of hydrogen-bond donors (Lipinski definition) is 3. The summed E-state index contributed by atoms with van der Waals surface area (Å²) in [5, 5.41) is 9.58. The number of fused-ring (bicyclic) bond motifs is 1. The molecule has 2 aliphatic rings. The zero-order chi connectivity index (χ0) is 18.3. The fourth-order valence-corrected chi connectivity index (χ4v) is 3.78. The number of anilines is 2. The van der Waals surface area contributed by atoms with E-state index in [-0.39, 0.29) is 17.9 Å². The van der Waals surface area contributed by atoms with E-state index in [1.165, 1.54) is 6.07 Å². The smallest absolute Gasteiger partial charge is 0.247 e. The van der Waals surface area contributed by atoms with Crippen LogP contribution >= 0.6 is 0 Å². The van der Waals surface area contributed by atoms with Crippen molar-refractivity contribution in [2.75, 3.05) is 30.8 Å². The SMILES string of the molecule is Cc1ccc(F)c2c1NC(C(=O)Nc1cccc(C3NCCN3C)c1)C2. The van der Waals surface area contributed by atoms with Gasteiger partial charge in [-0.05, 0) is 43.3 Å². The summed E-state index contributed by atoms with van der Waals surface area (Å²) in [5.41, 5.74) is 4.16. The fraction of sp³-hybridized carbons (Fsp3) is 0.350. The zero-order valence-corrected chi connectivity index (χ0v) is 15.0. The number of benzene rings is 2. The Morgan fingerprint density at radius 2 is 2.15 bits per heavy atom. The van der Waals surface area contributed by atoms with Crippen LogP contribution in [0.15, 0.2) is 36.4 Å². The maximum absolute atomic E-state index is 14.0. The van der Waals surface area contributed by atoms with Crippen molar-refractivity contribution >= 4 is 17.3 Å². The van der Waals surface area contributed by atoms with Crippen molar-refractivity contribution in [3.63, 3.8) is 0 Å². The number of amides is 1.